The molecule has 1 aromatic rings. The van der Waals surface area contributed by atoms with Gasteiger partial charge in [-0.05, 0) is 43.0 Å². The molecule has 0 saturated carbocycles. The summed E-state index contributed by atoms with van der Waals surface area (Å²) in [7, 11) is 0. The van der Waals surface area contributed by atoms with E-state index in [1.165, 1.54) is 18.4 Å². The summed E-state index contributed by atoms with van der Waals surface area (Å²) < 4.78 is 0. The standard InChI is InChI=1S/C16H22O/c1-3-5-7-8-10-14-11-12-16(17)13-15(14)9-6-4-2/h11-13,17H,3-7,9H2,1-2H3. The molecule has 0 aromatic heterocycles. The molecule has 0 aliphatic heterocycles. The fourth-order valence-corrected chi connectivity index (χ4v) is 1.70. The number of aromatic hydroxyl groups is 1. The Balaban J connectivity index is 2.77. The van der Waals surface area contributed by atoms with Crippen molar-refractivity contribution in [1.29, 1.82) is 0 Å². The maximum absolute atomic E-state index is 9.50. The third kappa shape index (κ3) is 4.95. The van der Waals surface area contributed by atoms with Gasteiger partial charge in [0, 0.05) is 12.0 Å². The number of hydrogen-bond acceptors (Lipinski definition) is 1. The van der Waals surface area contributed by atoms with Crippen molar-refractivity contribution in [3.05, 3.63) is 29.3 Å². The first-order valence-electron chi connectivity index (χ1n) is 6.58. The van der Waals surface area contributed by atoms with Crippen molar-refractivity contribution in [2.24, 2.45) is 0 Å². The predicted molar refractivity (Wildman–Crippen MR) is 73.1 cm³/mol. The van der Waals surface area contributed by atoms with Crippen LogP contribution in [0.1, 0.15) is 57.1 Å². The third-order valence-corrected chi connectivity index (χ3v) is 2.77. The largest absolute Gasteiger partial charge is 0.508 e. The summed E-state index contributed by atoms with van der Waals surface area (Å²) in [6.45, 7) is 4.35. The highest BCUT2D eigenvalue weighted by atomic mass is 16.3. The Morgan fingerprint density at radius 1 is 1.12 bits per heavy atom. The highest BCUT2D eigenvalue weighted by Gasteiger charge is 2.01. The highest BCUT2D eigenvalue weighted by molar-refractivity contribution is 5.45. The van der Waals surface area contributed by atoms with E-state index in [-0.39, 0.29) is 0 Å². The van der Waals surface area contributed by atoms with Gasteiger partial charge in [-0.25, -0.2) is 0 Å². The van der Waals surface area contributed by atoms with Gasteiger partial charge in [-0.2, -0.15) is 0 Å². The molecule has 0 saturated heterocycles. The van der Waals surface area contributed by atoms with Gasteiger partial charge in [-0.1, -0.05) is 38.5 Å². The van der Waals surface area contributed by atoms with Gasteiger partial charge in [0.2, 0.25) is 0 Å². The number of hydrogen-bond donors (Lipinski definition) is 1. The van der Waals surface area contributed by atoms with Gasteiger partial charge >= 0.3 is 0 Å². The molecule has 1 nitrogen and oxygen atoms in total. The van der Waals surface area contributed by atoms with Crippen molar-refractivity contribution in [1.82, 2.24) is 0 Å². The van der Waals surface area contributed by atoms with Gasteiger partial charge < -0.3 is 5.11 Å². The number of rotatable bonds is 5. The van der Waals surface area contributed by atoms with Crippen LogP contribution in [0.5, 0.6) is 5.75 Å². The van der Waals surface area contributed by atoms with Crippen molar-refractivity contribution >= 4 is 0 Å². The second-order valence-electron chi connectivity index (χ2n) is 4.35. The zero-order valence-electron chi connectivity index (χ0n) is 10.9. The molecule has 0 spiro atoms. The van der Waals surface area contributed by atoms with Crippen molar-refractivity contribution < 1.29 is 5.11 Å². The molecule has 0 aliphatic rings. The lowest BCUT2D eigenvalue weighted by molar-refractivity contribution is 0.474. The Kier molecular flexibility index (Phi) is 6.25. The minimum Gasteiger partial charge on any atom is -0.508 e. The second-order valence-corrected chi connectivity index (χ2v) is 4.35. The Hall–Kier alpha value is -1.42. The SMILES string of the molecule is CCCCC#Cc1ccc(O)cc1CCCC. The van der Waals surface area contributed by atoms with E-state index >= 15 is 0 Å². The van der Waals surface area contributed by atoms with E-state index in [1.54, 1.807) is 6.07 Å². The van der Waals surface area contributed by atoms with Crippen LogP contribution in [0.2, 0.25) is 0 Å². The van der Waals surface area contributed by atoms with Crippen molar-refractivity contribution in [2.45, 2.75) is 52.4 Å². The lowest BCUT2D eigenvalue weighted by atomic mass is 10.0. The molecule has 1 rings (SSSR count). The Bertz CT molecular complexity index is 396. The molecular weight excluding hydrogens is 208 g/mol. The Morgan fingerprint density at radius 3 is 2.59 bits per heavy atom. The summed E-state index contributed by atoms with van der Waals surface area (Å²) in [5.41, 5.74) is 2.25. The summed E-state index contributed by atoms with van der Waals surface area (Å²) in [6, 6.07) is 5.50. The smallest absolute Gasteiger partial charge is 0.115 e. The quantitative estimate of drug-likeness (QED) is 0.591. The molecule has 1 N–H and O–H groups in total. The van der Waals surface area contributed by atoms with Gasteiger partial charge in [-0.15, -0.1) is 0 Å². The van der Waals surface area contributed by atoms with Crippen LogP contribution >= 0.6 is 0 Å². The van der Waals surface area contributed by atoms with Crippen molar-refractivity contribution in [2.75, 3.05) is 0 Å². The average molecular weight is 230 g/mol. The van der Waals surface area contributed by atoms with Crippen LogP contribution in [0.25, 0.3) is 0 Å². The first kappa shape index (κ1) is 13.6. The van der Waals surface area contributed by atoms with E-state index in [1.807, 2.05) is 12.1 Å². The first-order chi connectivity index (χ1) is 8.27. The summed E-state index contributed by atoms with van der Waals surface area (Å²) >= 11 is 0. The van der Waals surface area contributed by atoms with Gasteiger partial charge in [0.15, 0.2) is 0 Å². The summed E-state index contributed by atoms with van der Waals surface area (Å²) in [5.74, 6) is 6.77. The van der Waals surface area contributed by atoms with Gasteiger partial charge in [0.25, 0.3) is 0 Å². The molecule has 17 heavy (non-hydrogen) atoms. The maximum Gasteiger partial charge on any atom is 0.115 e. The molecule has 92 valence electrons. The summed E-state index contributed by atoms with van der Waals surface area (Å²) in [4.78, 5) is 0. The number of unbranched alkanes of at least 4 members (excludes halogenated alkanes) is 3. The molecule has 1 aromatic carbocycles. The first-order valence-corrected chi connectivity index (χ1v) is 6.58. The molecule has 0 atom stereocenters. The van der Waals surface area contributed by atoms with Crippen LogP contribution in [-0.2, 0) is 6.42 Å². The van der Waals surface area contributed by atoms with E-state index in [9.17, 15) is 5.11 Å². The molecule has 1 heteroatoms. The monoisotopic (exact) mass is 230 g/mol. The van der Waals surface area contributed by atoms with Gasteiger partial charge in [-0.3, -0.25) is 0 Å². The summed E-state index contributed by atoms with van der Waals surface area (Å²) in [5, 5.41) is 9.50. The van der Waals surface area contributed by atoms with E-state index in [0.29, 0.717) is 5.75 Å². The number of phenols is 1. The van der Waals surface area contributed by atoms with Crippen LogP contribution in [0.3, 0.4) is 0 Å². The van der Waals surface area contributed by atoms with Crippen LogP contribution in [0.4, 0.5) is 0 Å². The highest BCUT2D eigenvalue weighted by Crippen LogP contribution is 2.18. The molecule has 0 heterocycles. The topological polar surface area (TPSA) is 20.2 Å². The fraction of sp³-hybridized carbons (Fsp3) is 0.500. The molecule has 0 radical (unpaired) electrons. The van der Waals surface area contributed by atoms with Crippen LogP contribution < -0.4 is 0 Å². The summed E-state index contributed by atoms with van der Waals surface area (Å²) in [6.07, 6.45) is 6.63. The van der Waals surface area contributed by atoms with Crippen molar-refractivity contribution in [3.8, 4) is 17.6 Å². The Labute approximate surface area is 105 Å². The fourth-order valence-electron chi connectivity index (χ4n) is 1.70. The zero-order valence-corrected chi connectivity index (χ0v) is 10.9. The predicted octanol–water partition coefficient (Wildman–Crippen LogP) is 4.28. The second kappa shape index (κ2) is 7.79. The number of phenolic OH excluding ortho intramolecular Hbond substituents is 1. The van der Waals surface area contributed by atoms with Crippen molar-refractivity contribution in [3.63, 3.8) is 0 Å². The number of benzene rings is 1. The van der Waals surface area contributed by atoms with Crippen LogP contribution in [0, 0.1) is 11.8 Å². The van der Waals surface area contributed by atoms with E-state index < -0.39 is 0 Å². The van der Waals surface area contributed by atoms with Gasteiger partial charge in [0.1, 0.15) is 5.75 Å². The van der Waals surface area contributed by atoms with E-state index in [4.69, 9.17) is 0 Å². The molecule has 0 unspecified atom stereocenters. The van der Waals surface area contributed by atoms with E-state index in [0.717, 1.165) is 31.2 Å². The maximum atomic E-state index is 9.50. The molecule has 0 aliphatic carbocycles. The minimum absolute atomic E-state index is 0.343. The molecule has 0 fully saturated rings. The molecule has 0 bridgehead atoms. The molecular formula is C16H22O. The van der Waals surface area contributed by atoms with Crippen LogP contribution in [-0.4, -0.2) is 5.11 Å². The minimum atomic E-state index is 0.343. The van der Waals surface area contributed by atoms with Gasteiger partial charge in [0.05, 0.1) is 0 Å². The zero-order chi connectivity index (χ0) is 12.5. The average Bonchev–Trinajstić information content (AvgIpc) is 2.34. The normalized spacial score (nSPS) is 9.76. The lowest BCUT2D eigenvalue weighted by Gasteiger charge is -2.04. The lowest BCUT2D eigenvalue weighted by Crippen LogP contribution is -1.90. The van der Waals surface area contributed by atoms with Crippen LogP contribution in [0.15, 0.2) is 18.2 Å². The number of aryl methyl sites for hydroxylation is 1. The molecule has 0 amide bonds. The third-order valence-electron chi connectivity index (χ3n) is 2.77. The van der Waals surface area contributed by atoms with E-state index in [2.05, 4.69) is 25.7 Å². The Morgan fingerprint density at radius 2 is 1.88 bits per heavy atom.